The summed E-state index contributed by atoms with van der Waals surface area (Å²) in [5.41, 5.74) is 0.621. The molecule has 2 aliphatic heterocycles. The number of benzene rings is 1. The van der Waals surface area contributed by atoms with Gasteiger partial charge in [-0.05, 0) is 40.2 Å². The molecule has 0 aliphatic carbocycles. The number of anilines is 1. The second kappa shape index (κ2) is 7.13. The molecule has 136 valence electrons. The van der Waals surface area contributed by atoms with Crippen LogP contribution >= 0.6 is 15.9 Å². The summed E-state index contributed by atoms with van der Waals surface area (Å²) in [6, 6.07) is 10.4. The van der Waals surface area contributed by atoms with Crippen LogP contribution in [0, 0.1) is 0 Å². The highest BCUT2D eigenvalue weighted by Gasteiger charge is 2.37. The van der Waals surface area contributed by atoms with Crippen LogP contribution in [0.2, 0.25) is 0 Å². The van der Waals surface area contributed by atoms with Gasteiger partial charge >= 0.3 is 0 Å². The molecule has 1 aromatic carbocycles. The number of furan rings is 1. The largest absolute Gasteiger partial charge is 0.476 e. The number of fused-ring (bicyclic) bond motifs is 1. The van der Waals surface area contributed by atoms with E-state index in [1.807, 2.05) is 12.1 Å². The molecule has 0 saturated carbocycles. The van der Waals surface area contributed by atoms with E-state index >= 15 is 0 Å². The van der Waals surface area contributed by atoms with Gasteiger partial charge in [-0.3, -0.25) is 14.5 Å². The molecule has 2 amide bonds. The van der Waals surface area contributed by atoms with Gasteiger partial charge in [-0.25, -0.2) is 0 Å². The second-order valence-corrected chi connectivity index (χ2v) is 6.81. The Balaban J connectivity index is 1.62. The Morgan fingerprint density at radius 2 is 1.85 bits per heavy atom. The Labute approximate surface area is 158 Å². The Kier molecular flexibility index (Phi) is 4.69. The lowest BCUT2D eigenvalue weighted by atomic mass is 10.1. The summed E-state index contributed by atoms with van der Waals surface area (Å²) in [7, 11) is 0. The fourth-order valence-corrected chi connectivity index (χ4v) is 3.41. The van der Waals surface area contributed by atoms with Crippen molar-refractivity contribution in [1.29, 1.82) is 0 Å². The number of para-hydroxylation sites is 2. The van der Waals surface area contributed by atoms with Crippen LogP contribution in [0.4, 0.5) is 5.69 Å². The quantitative estimate of drug-likeness (QED) is 0.745. The van der Waals surface area contributed by atoms with E-state index in [9.17, 15) is 9.59 Å². The zero-order valence-electron chi connectivity index (χ0n) is 13.9. The molecule has 3 heterocycles. The first kappa shape index (κ1) is 17.1. The Morgan fingerprint density at radius 1 is 1.08 bits per heavy atom. The van der Waals surface area contributed by atoms with Gasteiger partial charge < -0.3 is 18.8 Å². The van der Waals surface area contributed by atoms with Crippen molar-refractivity contribution in [2.45, 2.75) is 6.10 Å². The third-order valence-corrected chi connectivity index (χ3v) is 4.83. The van der Waals surface area contributed by atoms with E-state index < -0.39 is 6.10 Å². The van der Waals surface area contributed by atoms with Gasteiger partial charge in [0.15, 0.2) is 16.5 Å². The molecule has 2 aromatic rings. The fraction of sp³-hybridized carbons (Fsp3) is 0.333. The Hall–Kier alpha value is -2.32. The van der Waals surface area contributed by atoms with Crippen molar-refractivity contribution in [2.24, 2.45) is 0 Å². The first-order valence-electron chi connectivity index (χ1n) is 8.33. The van der Waals surface area contributed by atoms with Gasteiger partial charge in [0.1, 0.15) is 5.75 Å². The molecular formula is C18H17BrN2O5. The zero-order chi connectivity index (χ0) is 18.1. The number of amides is 2. The lowest BCUT2D eigenvalue weighted by molar-refractivity contribution is -0.142. The predicted molar refractivity (Wildman–Crippen MR) is 96.3 cm³/mol. The summed E-state index contributed by atoms with van der Waals surface area (Å²) in [6.07, 6.45) is -0.759. The Bertz CT molecular complexity index is 830. The van der Waals surface area contributed by atoms with Crippen molar-refractivity contribution in [2.75, 3.05) is 37.7 Å². The summed E-state index contributed by atoms with van der Waals surface area (Å²) in [4.78, 5) is 29.0. The van der Waals surface area contributed by atoms with Crippen LogP contribution in [-0.2, 0) is 9.53 Å². The van der Waals surface area contributed by atoms with Crippen molar-refractivity contribution >= 4 is 33.4 Å². The summed E-state index contributed by atoms with van der Waals surface area (Å²) in [5.74, 6) is 0.253. The molecular weight excluding hydrogens is 404 g/mol. The van der Waals surface area contributed by atoms with E-state index in [1.54, 1.807) is 29.2 Å². The summed E-state index contributed by atoms with van der Waals surface area (Å²) < 4.78 is 17.1. The number of hydrogen-bond acceptors (Lipinski definition) is 5. The average Bonchev–Trinajstić information content (AvgIpc) is 3.13. The van der Waals surface area contributed by atoms with Crippen molar-refractivity contribution in [3.8, 4) is 5.75 Å². The first-order chi connectivity index (χ1) is 12.6. The third kappa shape index (κ3) is 3.22. The second-order valence-electron chi connectivity index (χ2n) is 6.03. The molecule has 0 unspecified atom stereocenters. The van der Waals surface area contributed by atoms with Crippen molar-refractivity contribution in [3.05, 3.63) is 46.8 Å². The van der Waals surface area contributed by atoms with E-state index in [0.717, 1.165) is 0 Å². The smallest absolute Gasteiger partial charge is 0.294 e. The number of halogens is 1. The lowest BCUT2D eigenvalue weighted by Crippen LogP contribution is -2.54. The van der Waals surface area contributed by atoms with Gasteiger partial charge in [-0.2, -0.15) is 0 Å². The highest BCUT2D eigenvalue weighted by atomic mass is 79.9. The molecule has 0 bridgehead atoms. The third-order valence-electron chi connectivity index (χ3n) is 4.40. The maximum absolute atomic E-state index is 12.9. The highest BCUT2D eigenvalue weighted by Crippen LogP contribution is 2.35. The molecule has 1 saturated heterocycles. The zero-order valence-corrected chi connectivity index (χ0v) is 15.5. The van der Waals surface area contributed by atoms with Gasteiger partial charge in [0.05, 0.1) is 25.4 Å². The summed E-state index contributed by atoms with van der Waals surface area (Å²) in [5, 5.41) is 0. The van der Waals surface area contributed by atoms with Crippen LogP contribution in [0.25, 0.3) is 0 Å². The summed E-state index contributed by atoms with van der Waals surface area (Å²) in [6.45, 7) is 2.21. The van der Waals surface area contributed by atoms with Gasteiger partial charge in [0, 0.05) is 13.1 Å². The molecule has 0 spiro atoms. The monoisotopic (exact) mass is 420 g/mol. The number of hydrogen-bond donors (Lipinski definition) is 0. The maximum atomic E-state index is 12.9. The number of nitrogens with zero attached hydrogens (tertiary/aromatic N) is 2. The molecule has 1 aromatic heterocycles. The van der Waals surface area contributed by atoms with Crippen LogP contribution in [0.15, 0.2) is 45.5 Å². The highest BCUT2D eigenvalue weighted by molar-refractivity contribution is 9.10. The minimum absolute atomic E-state index is 0.129. The van der Waals surface area contributed by atoms with Crippen molar-refractivity contribution in [3.63, 3.8) is 0 Å². The minimum Gasteiger partial charge on any atom is -0.476 e. The van der Waals surface area contributed by atoms with Gasteiger partial charge in [0.2, 0.25) is 0 Å². The van der Waals surface area contributed by atoms with Gasteiger partial charge in [-0.1, -0.05) is 12.1 Å². The normalized spacial score (nSPS) is 19.7. The topological polar surface area (TPSA) is 72.2 Å². The van der Waals surface area contributed by atoms with Crippen LogP contribution in [0.1, 0.15) is 10.6 Å². The standard InChI is InChI=1S/C18H17BrN2O5/c19-16-6-5-14(26-16)18(23)21-11-15(17(22)20-7-9-24-10-8-20)25-13-4-2-1-3-12(13)21/h1-6,15H,7-11H2/t15-/m0/s1. The molecule has 8 heteroatoms. The van der Waals surface area contributed by atoms with E-state index in [-0.39, 0.29) is 24.1 Å². The molecule has 4 rings (SSSR count). The minimum atomic E-state index is -0.759. The van der Waals surface area contributed by atoms with Gasteiger partial charge in [-0.15, -0.1) is 0 Å². The number of rotatable bonds is 2. The molecule has 1 atom stereocenters. The van der Waals surface area contributed by atoms with E-state index in [0.29, 0.717) is 42.4 Å². The molecule has 1 fully saturated rings. The fourth-order valence-electron chi connectivity index (χ4n) is 3.10. The van der Waals surface area contributed by atoms with E-state index in [2.05, 4.69) is 15.9 Å². The average molecular weight is 421 g/mol. The van der Waals surface area contributed by atoms with E-state index in [1.165, 1.54) is 4.90 Å². The van der Waals surface area contributed by atoms with E-state index in [4.69, 9.17) is 13.9 Å². The van der Waals surface area contributed by atoms with Crippen LogP contribution < -0.4 is 9.64 Å². The molecule has 0 N–H and O–H groups in total. The van der Waals surface area contributed by atoms with Crippen LogP contribution in [0.5, 0.6) is 5.75 Å². The van der Waals surface area contributed by atoms with Gasteiger partial charge in [0.25, 0.3) is 11.8 Å². The van der Waals surface area contributed by atoms with Crippen molar-refractivity contribution < 1.29 is 23.5 Å². The molecule has 7 nitrogen and oxygen atoms in total. The summed E-state index contributed by atoms with van der Waals surface area (Å²) >= 11 is 3.21. The maximum Gasteiger partial charge on any atom is 0.294 e. The van der Waals surface area contributed by atoms with Crippen LogP contribution in [0.3, 0.4) is 0 Å². The van der Waals surface area contributed by atoms with Crippen LogP contribution in [-0.4, -0.2) is 55.7 Å². The predicted octanol–water partition coefficient (Wildman–Crippen LogP) is 2.31. The number of ether oxygens (including phenoxy) is 2. The molecule has 2 aliphatic rings. The first-order valence-corrected chi connectivity index (χ1v) is 9.12. The number of carbonyl (C=O) groups excluding carboxylic acids is 2. The SMILES string of the molecule is O=C([C@@H]1CN(C(=O)c2ccc(Br)o2)c2ccccc2O1)N1CCOCC1. The van der Waals surface area contributed by atoms with Crippen molar-refractivity contribution in [1.82, 2.24) is 4.90 Å². The number of carbonyl (C=O) groups is 2. The lowest BCUT2D eigenvalue weighted by Gasteiger charge is -2.37. The molecule has 0 radical (unpaired) electrons. The molecule has 26 heavy (non-hydrogen) atoms. The Morgan fingerprint density at radius 3 is 2.58 bits per heavy atom. The number of morpholine rings is 1.